The molecule has 9 nitrogen and oxygen atoms in total. The number of aliphatic hydroxyl groups is 1. The average Bonchev–Trinajstić information content (AvgIpc) is 3.15. The molecule has 1 fully saturated rings. The van der Waals surface area contributed by atoms with Crippen molar-refractivity contribution < 1.29 is 19.4 Å². The molecule has 9 heteroatoms. The van der Waals surface area contributed by atoms with Gasteiger partial charge in [0.05, 0.1) is 38.0 Å². The summed E-state index contributed by atoms with van der Waals surface area (Å²) in [5.74, 6) is -0.0909. The predicted octanol–water partition coefficient (Wildman–Crippen LogP) is 0.477. The van der Waals surface area contributed by atoms with E-state index in [9.17, 15) is 9.90 Å². The van der Waals surface area contributed by atoms with Gasteiger partial charge in [-0.3, -0.25) is 14.5 Å². The molecule has 3 rings (SSSR count). The van der Waals surface area contributed by atoms with Gasteiger partial charge in [-0.25, -0.2) is 0 Å². The standard InChI is InChI=1S/C19H27N5O4/c1-27-13-15-11-24(23-22-15)8-6-16-4-5-17(18(12-25)28-16)21-19(26)9-14-3-2-7-20-10-14/h2-3,7,10-11,16-18,25H,4-6,8-9,12-13H2,1H3,(H,21,26)/t16-,17+,18+/m0/s1. The molecule has 2 aromatic rings. The summed E-state index contributed by atoms with van der Waals surface area (Å²) in [7, 11) is 1.62. The van der Waals surface area contributed by atoms with Crippen molar-refractivity contribution in [1.82, 2.24) is 25.3 Å². The van der Waals surface area contributed by atoms with Gasteiger partial charge >= 0.3 is 0 Å². The van der Waals surface area contributed by atoms with Crippen molar-refractivity contribution in [2.45, 2.75) is 57.1 Å². The minimum Gasteiger partial charge on any atom is -0.394 e. The smallest absolute Gasteiger partial charge is 0.224 e. The molecule has 1 aliphatic heterocycles. The molecule has 1 saturated heterocycles. The zero-order valence-corrected chi connectivity index (χ0v) is 16.0. The molecule has 1 aliphatic rings. The number of aromatic nitrogens is 4. The van der Waals surface area contributed by atoms with Gasteiger partial charge in [-0.1, -0.05) is 11.3 Å². The van der Waals surface area contributed by atoms with Crippen molar-refractivity contribution in [3.05, 3.63) is 42.0 Å². The first-order valence-electron chi connectivity index (χ1n) is 9.50. The van der Waals surface area contributed by atoms with E-state index in [1.165, 1.54) is 0 Å². The van der Waals surface area contributed by atoms with Crippen LogP contribution in [0.3, 0.4) is 0 Å². The summed E-state index contributed by atoms with van der Waals surface area (Å²) in [6, 6.07) is 3.48. The van der Waals surface area contributed by atoms with E-state index >= 15 is 0 Å². The molecule has 0 bridgehead atoms. The summed E-state index contributed by atoms with van der Waals surface area (Å²) >= 11 is 0. The highest BCUT2D eigenvalue weighted by atomic mass is 16.5. The third kappa shape index (κ3) is 5.82. The molecule has 0 spiro atoms. The number of carbonyl (C=O) groups is 1. The molecule has 0 saturated carbocycles. The van der Waals surface area contributed by atoms with Gasteiger partial charge < -0.3 is 19.9 Å². The zero-order valence-electron chi connectivity index (χ0n) is 16.0. The highest BCUT2D eigenvalue weighted by Gasteiger charge is 2.31. The second kappa shape index (κ2) is 10.3. The van der Waals surface area contributed by atoms with Crippen molar-refractivity contribution in [2.24, 2.45) is 0 Å². The van der Waals surface area contributed by atoms with Crippen molar-refractivity contribution in [1.29, 1.82) is 0 Å². The number of hydrogen-bond acceptors (Lipinski definition) is 7. The molecule has 2 aromatic heterocycles. The number of aryl methyl sites for hydroxylation is 1. The van der Waals surface area contributed by atoms with Crippen LogP contribution in [0.5, 0.6) is 0 Å². The first-order chi connectivity index (χ1) is 13.7. The van der Waals surface area contributed by atoms with Gasteiger partial charge in [-0.05, 0) is 30.9 Å². The average molecular weight is 389 g/mol. The van der Waals surface area contributed by atoms with Crippen LogP contribution in [0.25, 0.3) is 0 Å². The maximum atomic E-state index is 12.3. The fraction of sp³-hybridized carbons (Fsp3) is 0.579. The van der Waals surface area contributed by atoms with E-state index in [1.54, 1.807) is 30.3 Å². The van der Waals surface area contributed by atoms with Crippen LogP contribution >= 0.6 is 0 Å². The predicted molar refractivity (Wildman–Crippen MR) is 100 cm³/mol. The van der Waals surface area contributed by atoms with Crippen molar-refractivity contribution in [3.8, 4) is 0 Å². The van der Waals surface area contributed by atoms with Crippen LogP contribution in [0.4, 0.5) is 0 Å². The van der Waals surface area contributed by atoms with E-state index in [2.05, 4.69) is 20.6 Å². The number of amides is 1. The fourth-order valence-corrected chi connectivity index (χ4v) is 3.39. The van der Waals surface area contributed by atoms with Gasteiger partial charge in [0.15, 0.2) is 0 Å². The molecule has 28 heavy (non-hydrogen) atoms. The molecule has 152 valence electrons. The molecular weight excluding hydrogens is 362 g/mol. The van der Waals surface area contributed by atoms with Gasteiger partial charge in [0.2, 0.25) is 5.91 Å². The second-order valence-electron chi connectivity index (χ2n) is 6.96. The van der Waals surface area contributed by atoms with Crippen molar-refractivity contribution in [2.75, 3.05) is 13.7 Å². The lowest BCUT2D eigenvalue weighted by Gasteiger charge is -2.36. The molecular formula is C19H27N5O4. The van der Waals surface area contributed by atoms with E-state index in [1.807, 2.05) is 12.3 Å². The third-order valence-electron chi connectivity index (χ3n) is 4.79. The van der Waals surface area contributed by atoms with Crippen LogP contribution in [0, 0.1) is 0 Å². The largest absolute Gasteiger partial charge is 0.394 e. The SMILES string of the molecule is COCc1cn(CC[C@@H]2CC[C@@H](NC(=O)Cc3cccnc3)[C@@H](CO)O2)nn1. The Morgan fingerprint density at radius 2 is 2.36 bits per heavy atom. The summed E-state index contributed by atoms with van der Waals surface area (Å²) in [6.45, 7) is 0.986. The van der Waals surface area contributed by atoms with Crippen LogP contribution < -0.4 is 5.32 Å². The Morgan fingerprint density at radius 1 is 1.46 bits per heavy atom. The van der Waals surface area contributed by atoms with Crippen LogP contribution in [0.1, 0.15) is 30.5 Å². The van der Waals surface area contributed by atoms with Gasteiger partial charge in [-0.2, -0.15) is 0 Å². The zero-order chi connectivity index (χ0) is 19.8. The number of rotatable bonds is 9. The van der Waals surface area contributed by atoms with Crippen LogP contribution in [-0.4, -0.2) is 63.0 Å². The summed E-state index contributed by atoms with van der Waals surface area (Å²) < 4.78 is 12.8. The van der Waals surface area contributed by atoms with E-state index in [-0.39, 0.29) is 31.1 Å². The van der Waals surface area contributed by atoms with E-state index in [0.29, 0.717) is 13.2 Å². The van der Waals surface area contributed by atoms with Crippen LogP contribution in [0.2, 0.25) is 0 Å². The number of carbonyl (C=O) groups excluding carboxylic acids is 1. The lowest BCUT2D eigenvalue weighted by molar-refractivity contribution is -0.128. The van der Waals surface area contributed by atoms with Gasteiger partial charge in [0.1, 0.15) is 11.8 Å². The van der Waals surface area contributed by atoms with Gasteiger partial charge in [0.25, 0.3) is 0 Å². The van der Waals surface area contributed by atoms with Gasteiger partial charge in [-0.15, -0.1) is 5.10 Å². The molecule has 0 unspecified atom stereocenters. The highest BCUT2D eigenvalue weighted by molar-refractivity contribution is 5.78. The van der Waals surface area contributed by atoms with Crippen molar-refractivity contribution >= 4 is 5.91 Å². The molecule has 0 radical (unpaired) electrons. The Hall–Kier alpha value is -2.36. The Bertz CT molecular complexity index is 739. The number of aliphatic hydroxyl groups excluding tert-OH is 1. The first-order valence-corrected chi connectivity index (χ1v) is 9.50. The monoisotopic (exact) mass is 389 g/mol. The molecule has 1 amide bonds. The van der Waals surface area contributed by atoms with Crippen LogP contribution in [-0.2, 0) is 33.8 Å². The van der Waals surface area contributed by atoms with Gasteiger partial charge in [0, 0.05) is 26.0 Å². The fourth-order valence-electron chi connectivity index (χ4n) is 3.39. The van der Waals surface area contributed by atoms with E-state index in [0.717, 1.165) is 30.5 Å². The topological polar surface area (TPSA) is 111 Å². The lowest BCUT2D eigenvalue weighted by Crippen LogP contribution is -2.51. The number of ether oxygens (including phenoxy) is 2. The second-order valence-corrected chi connectivity index (χ2v) is 6.96. The summed E-state index contributed by atoms with van der Waals surface area (Å²) in [5, 5.41) is 20.8. The maximum Gasteiger partial charge on any atom is 0.224 e. The van der Waals surface area contributed by atoms with E-state index < -0.39 is 6.10 Å². The highest BCUT2D eigenvalue weighted by Crippen LogP contribution is 2.22. The number of methoxy groups -OCH3 is 1. The third-order valence-corrected chi connectivity index (χ3v) is 4.79. The molecule has 0 aliphatic carbocycles. The summed E-state index contributed by atoms with van der Waals surface area (Å²) in [5.41, 5.74) is 1.65. The quantitative estimate of drug-likeness (QED) is 0.641. The Morgan fingerprint density at radius 3 is 3.11 bits per heavy atom. The normalized spacial score (nSPS) is 22.1. The minimum absolute atomic E-state index is 0.0127. The Kier molecular flexibility index (Phi) is 7.46. The molecule has 2 N–H and O–H groups in total. The van der Waals surface area contributed by atoms with Crippen molar-refractivity contribution in [3.63, 3.8) is 0 Å². The maximum absolute atomic E-state index is 12.3. The Labute approximate surface area is 164 Å². The Balaban J connectivity index is 1.45. The number of hydrogen-bond donors (Lipinski definition) is 2. The number of nitrogens with one attached hydrogen (secondary N) is 1. The molecule has 3 heterocycles. The lowest BCUT2D eigenvalue weighted by atomic mass is 9.97. The minimum atomic E-state index is -0.406. The number of nitrogens with zero attached hydrogens (tertiary/aromatic N) is 4. The number of pyridine rings is 1. The van der Waals surface area contributed by atoms with Crippen LogP contribution in [0.15, 0.2) is 30.7 Å². The summed E-state index contributed by atoms with van der Waals surface area (Å²) in [6.07, 6.45) is 7.43. The van der Waals surface area contributed by atoms with E-state index in [4.69, 9.17) is 9.47 Å². The molecule has 0 aromatic carbocycles. The summed E-state index contributed by atoms with van der Waals surface area (Å²) in [4.78, 5) is 16.3. The first kappa shape index (κ1) is 20.4. The molecule has 3 atom stereocenters.